The van der Waals surface area contributed by atoms with Gasteiger partial charge in [0.2, 0.25) is 5.91 Å². The van der Waals surface area contributed by atoms with E-state index in [1.54, 1.807) is 0 Å². The Balaban J connectivity index is 0.00000192. The topological polar surface area (TPSA) is 55.1 Å². The van der Waals surface area contributed by atoms with Gasteiger partial charge in [-0.15, -0.1) is 12.4 Å². The molecular weight excluding hydrogens is 308 g/mol. The summed E-state index contributed by atoms with van der Waals surface area (Å²) in [6, 6.07) is 20.9. The molecule has 0 heterocycles. The first-order valence-corrected chi connectivity index (χ1v) is 7.86. The molecule has 0 bridgehead atoms. The van der Waals surface area contributed by atoms with Gasteiger partial charge in [0.1, 0.15) is 0 Å². The molecule has 1 amide bonds. The molecule has 1 aliphatic rings. The lowest BCUT2D eigenvalue weighted by Gasteiger charge is -2.19. The number of halogens is 1. The molecule has 23 heavy (non-hydrogen) atoms. The number of carbonyl (C=O) groups is 1. The number of nitrogens with two attached hydrogens (primary N) is 1. The zero-order valence-electron chi connectivity index (χ0n) is 13.1. The third-order valence-electron chi connectivity index (χ3n) is 4.36. The second kappa shape index (κ2) is 7.62. The molecule has 0 spiro atoms. The molecule has 0 aliphatic heterocycles. The SMILES string of the molecule is Cl.NC1(C(=O)NCCC(c2ccccc2)c2ccccc2)CC1. The maximum atomic E-state index is 11.9. The van der Waals surface area contributed by atoms with Gasteiger partial charge in [0.15, 0.2) is 0 Å². The van der Waals surface area contributed by atoms with Gasteiger partial charge in [-0.05, 0) is 30.4 Å². The van der Waals surface area contributed by atoms with Crippen molar-refractivity contribution < 1.29 is 4.79 Å². The van der Waals surface area contributed by atoms with Crippen LogP contribution in [-0.4, -0.2) is 18.0 Å². The Morgan fingerprint density at radius 2 is 1.48 bits per heavy atom. The van der Waals surface area contributed by atoms with Gasteiger partial charge < -0.3 is 11.1 Å². The quantitative estimate of drug-likeness (QED) is 0.854. The molecule has 2 aromatic carbocycles. The van der Waals surface area contributed by atoms with Gasteiger partial charge in [0, 0.05) is 12.5 Å². The predicted molar refractivity (Wildman–Crippen MR) is 95.8 cm³/mol. The number of hydrogen-bond acceptors (Lipinski definition) is 2. The standard InChI is InChI=1S/C19H22N2O.ClH/c20-19(12-13-19)18(22)21-14-11-17(15-7-3-1-4-8-15)16-9-5-2-6-10-16;/h1-10,17H,11-14,20H2,(H,21,22);1H. The summed E-state index contributed by atoms with van der Waals surface area (Å²) in [6.07, 6.45) is 2.48. The number of nitrogens with one attached hydrogen (secondary N) is 1. The molecule has 0 atom stereocenters. The van der Waals surface area contributed by atoms with Crippen LogP contribution in [0.15, 0.2) is 60.7 Å². The van der Waals surface area contributed by atoms with Crippen LogP contribution in [-0.2, 0) is 4.79 Å². The van der Waals surface area contributed by atoms with Crippen molar-refractivity contribution in [2.24, 2.45) is 5.73 Å². The zero-order valence-corrected chi connectivity index (χ0v) is 13.9. The summed E-state index contributed by atoms with van der Waals surface area (Å²) in [5.74, 6) is 0.281. The summed E-state index contributed by atoms with van der Waals surface area (Å²) < 4.78 is 0. The van der Waals surface area contributed by atoms with Gasteiger partial charge in [0.25, 0.3) is 0 Å². The van der Waals surface area contributed by atoms with Crippen molar-refractivity contribution in [1.82, 2.24) is 5.32 Å². The first-order chi connectivity index (χ1) is 10.7. The first kappa shape index (κ1) is 17.5. The minimum absolute atomic E-state index is 0. The van der Waals surface area contributed by atoms with E-state index in [-0.39, 0.29) is 24.2 Å². The van der Waals surface area contributed by atoms with E-state index in [1.807, 2.05) is 12.1 Å². The van der Waals surface area contributed by atoms with Crippen LogP contribution in [0.2, 0.25) is 0 Å². The maximum absolute atomic E-state index is 11.9. The van der Waals surface area contributed by atoms with Crippen molar-refractivity contribution >= 4 is 18.3 Å². The third-order valence-corrected chi connectivity index (χ3v) is 4.36. The number of benzene rings is 2. The van der Waals surface area contributed by atoms with Crippen molar-refractivity contribution in [3.8, 4) is 0 Å². The Labute approximate surface area is 143 Å². The fourth-order valence-electron chi connectivity index (χ4n) is 2.76. The van der Waals surface area contributed by atoms with Crippen LogP contribution in [0.3, 0.4) is 0 Å². The first-order valence-electron chi connectivity index (χ1n) is 7.86. The highest BCUT2D eigenvalue weighted by Gasteiger charge is 2.45. The van der Waals surface area contributed by atoms with E-state index < -0.39 is 5.54 Å². The predicted octanol–water partition coefficient (Wildman–Crippen LogP) is 3.24. The molecule has 4 heteroatoms. The summed E-state index contributed by atoms with van der Waals surface area (Å²) >= 11 is 0. The fraction of sp³-hybridized carbons (Fsp3) is 0.316. The molecule has 3 N–H and O–H groups in total. The Morgan fingerprint density at radius 1 is 1.00 bits per heavy atom. The molecule has 0 aromatic heterocycles. The molecule has 0 radical (unpaired) electrons. The van der Waals surface area contributed by atoms with Gasteiger partial charge >= 0.3 is 0 Å². The third kappa shape index (κ3) is 4.34. The van der Waals surface area contributed by atoms with E-state index in [1.165, 1.54) is 11.1 Å². The molecular formula is C19H23ClN2O. The number of rotatable bonds is 6. The summed E-state index contributed by atoms with van der Waals surface area (Å²) in [7, 11) is 0. The van der Waals surface area contributed by atoms with Crippen LogP contribution in [0.5, 0.6) is 0 Å². The van der Waals surface area contributed by atoms with Crippen LogP contribution < -0.4 is 11.1 Å². The average Bonchev–Trinajstić information content (AvgIpc) is 3.32. The van der Waals surface area contributed by atoms with E-state index in [2.05, 4.69) is 53.8 Å². The zero-order chi connectivity index (χ0) is 15.4. The maximum Gasteiger partial charge on any atom is 0.240 e. The second-order valence-electron chi connectivity index (χ2n) is 6.07. The Bertz CT molecular complexity index is 587. The van der Waals surface area contributed by atoms with Gasteiger partial charge in [-0.1, -0.05) is 60.7 Å². The molecule has 1 aliphatic carbocycles. The van der Waals surface area contributed by atoms with Gasteiger partial charge in [0.05, 0.1) is 5.54 Å². The van der Waals surface area contributed by atoms with Crippen molar-refractivity contribution in [1.29, 1.82) is 0 Å². The number of amides is 1. The van der Waals surface area contributed by atoms with Gasteiger partial charge in [-0.25, -0.2) is 0 Å². The highest BCUT2D eigenvalue weighted by Crippen LogP contribution is 2.32. The summed E-state index contributed by atoms with van der Waals surface area (Å²) in [5, 5.41) is 2.99. The molecule has 2 aromatic rings. The second-order valence-corrected chi connectivity index (χ2v) is 6.07. The fourth-order valence-corrected chi connectivity index (χ4v) is 2.76. The van der Waals surface area contributed by atoms with Crippen LogP contribution >= 0.6 is 12.4 Å². The number of carbonyl (C=O) groups excluding carboxylic acids is 1. The number of hydrogen-bond donors (Lipinski definition) is 2. The van der Waals surface area contributed by atoms with E-state index in [9.17, 15) is 4.79 Å². The smallest absolute Gasteiger partial charge is 0.240 e. The molecule has 122 valence electrons. The van der Waals surface area contributed by atoms with E-state index in [0.29, 0.717) is 6.54 Å². The minimum atomic E-state index is -0.588. The monoisotopic (exact) mass is 330 g/mol. The Hall–Kier alpha value is -1.84. The van der Waals surface area contributed by atoms with Gasteiger partial charge in [-0.3, -0.25) is 4.79 Å². The molecule has 1 fully saturated rings. The van der Waals surface area contributed by atoms with Crippen LogP contribution in [0.4, 0.5) is 0 Å². The minimum Gasteiger partial charge on any atom is -0.354 e. The van der Waals surface area contributed by atoms with Gasteiger partial charge in [-0.2, -0.15) is 0 Å². The molecule has 3 nitrogen and oxygen atoms in total. The lowest BCUT2D eigenvalue weighted by Crippen LogP contribution is -2.43. The summed E-state index contributed by atoms with van der Waals surface area (Å²) in [6.45, 7) is 0.645. The molecule has 3 rings (SSSR count). The van der Waals surface area contributed by atoms with E-state index in [0.717, 1.165) is 19.3 Å². The van der Waals surface area contributed by atoms with Crippen LogP contribution in [0, 0.1) is 0 Å². The van der Waals surface area contributed by atoms with Crippen molar-refractivity contribution in [3.05, 3.63) is 71.8 Å². The lowest BCUT2D eigenvalue weighted by atomic mass is 9.88. The lowest BCUT2D eigenvalue weighted by molar-refractivity contribution is -0.123. The Kier molecular flexibility index (Phi) is 5.80. The normalized spacial score (nSPS) is 14.9. The van der Waals surface area contributed by atoms with E-state index >= 15 is 0 Å². The summed E-state index contributed by atoms with van der Waals surface area (Å²) in [4.78, 5) is 11.9. The largest absolute Gasteiger partial charge is 0.354 e. The van der Waals surface area contributed by atoms with Crippen molar-refractivity contribution in [2.45, 2.75) is 30.7 Å². The van der Waals surface area contributed by atoms with Crippen molar-refractivity contribution in [2.75, 3.05) is 6.54 Å². The highest BCUT2D eigenvalue weighted by molar-refractivity contribution is 5.88. The van der Waals surface area contributed by atoms with Crippen LogP contribution in [0.1, 0.15) is 36.3 Å². The molecule has 1 saturated carbocycles. The van der Waals surface area contributed by atoms with Crippen molar-refractivity contribution in [3.63, 3.8) is 0 Å². The molecule has 0 unspecified atom stereocenters. The van der Waals surface area contributed by atoms with E-state index in [4.69, 9.17) is 5.73 Å². The summed E-state index contributed by atoms with van der Waals surface area (Å²) in [5.41, 5.74) is 7.88. The van der Waals surface area contributed by atoms with Crippen LogP contribution in [0.25, 0.3) is 0 Å². The highest BCUT2D eigenvalue weighted by atomic mass is 35.5. The Morgan fingerprint density at radius 3 is 1.91 bits per heavy atom. The average molecular weight is 331 g/mol. The molecule has 0 saturated heterocycles.